The smallest absolute Gasteiger partial charge is 0.226 e. The van der Waals surface area contributed by atoms with Crippen LogP contribution in [-0.4, -0.2) is 21.6 Å². The summed E-state index contributed by atoms with van der Waals surface area (Å²) >= 11 is 2.83. The van der Waals surface area contributed by atoms with E-state index in [9.17, 15) is 10.1 Å². The Bertz CT molecular complexity index is 1260. The van der Waals surface area contributed by atoms with Crippen LogP contribution in [0.4, 0.5) is 5.13 Å². The third kappa shape index (κ3) is 4.67. The van der Waals surface area contributed by atoms with Crippen molar-refractivity contribution in [3.05, 3.63) is 71.2 Å². The first-order valence-electron chi connectivity index (χ1n) is 9.37. The van der Waals surface area contributed by atoms with Gasteiger partial charge in [-0.25, -0.2) is 9.97 Å². The molecule has 0 fully saturated rings. The van der Waals surface area contributed by atoms with Gasteiger partial charge in [0, 0.05) is 28.8 Å². The van der Waals surface area contributed by atoms with E-state index >= 15 is 0 Å². The van der Waals surface area contributed by atoms with Gasteiger partial charge < -0.3 is 5.32 Å². The summed E-state index contributed by atoms with van der Waals surface area (Å²) in [4.78, 5) is 21.2. The normalized spacial score (nSPS) is 10.7. The van der Waals surface area contributed by atoms with Gasteiger partial charge in [-0.2, -0.15) is 5.26 Å². The first-order chi connectivity index (χ1) is 14.6. The number of carbonyl (C=O) groups is 1. The fourth-order valence-electron chi connectivity index (χ4n) is 2.96. The van der Waals surface area contributed by atoms with Crippen LogP contribution < -0.4 is 5.32 Å². The summed E-state index contributed by atoms with van der Waals surface area (Å²) in [5.74, 6) is 0.438. The largest absolute Gasteiger partial charge is 0.302 e. The van der Waals surface area contributed by atoms with E-state index in [4.69, 9.17) is 0 Å². The predicted octanol–water partition coefficient (Wildman–Crippen LogP) is 5.66. The number of fused-ring (bicyclic) bond motifs is 1. The zero-order valence-electron chi connectivity index (χ0n) is 16.3. The van der Waals surface area contributed by atoms with Gasteiger partial charge >= 0.3 is 0 Å². The van der Waals surface area contributed by atoms with Crippen LogP contribution in [0.5, 0.6) is 0 Å². The number of nitriles is 1. The van der Waals surface area contributed by atoms with Crippen molar-refractivity contribution in [2.45, 2.75) is 18.4 Å². The third-order valence-corrected chi connectivity index (χ3v) is 6.23. The van der Waals surface area contributed by atoms with Crippen molar-refractivity contribution >= 4 is 44.9 Å². The van der Waals surface area contributed by atoms with Crippen LogP contribution in [0.25, 0.3) is 22.0 Å². The highest BCUT2D eigenvalue weighted by atomic mass is 32.2. The molecule has 0 saturated heterocycles. The van der Waals surface area contributed by atoms with E-state index in [1.807, 2.05) is 36.6 Å². The number of nitrogens with zero attached hydrogens (tertiary/aromatic N) is 3. The molecule has 0 bridgehead atoms. The lowest BCUT2D eigenvalue weighted by Crippen LogP contribution is -2.12. The highest BCUT2D eigenvalue weighted by Gasteiger charge is 2.10. The van der Waals surface area contributed by atoms with Crippen LogP contribution in [0.2, 0.25) is 0 Å². The van der Waals surface area contributed by atoms with Gasteiger partial charge in [-0.05, 0) is 35.9 Å². The number of hydrogen-bond acceptors (Lipinski definition) is 6. The van der Waals surface area contributed by atoms with Crippen LogP contribution in [-0.2, 0) is 4.79 Å². The molecule has 0 spiro atoms. The number of anilines is 1. The number of hydrogen-bond donors (Lipinski definition) is 1. The first-order valence-corrected chi connectivity index (χ1v) is 11.2. The van der Waals surface area contributed by atoms with Gasteiger partial charge in [-0.1, -0.05) is 36.4 Å². The first kappa shape index (κ1) is 20.1. The number of carbonyl (C=O) groups excluding carboxylic acids is 1. The van der Waals surface area contributed by atoms with Crippen molar-refractivity contribution in [1.82, 2.24) is 9.97 Å². The van der Waals surface area contributed by atoms with Crippen molar-refractivity contribution in [1.29, 1.82) is 5.26 Å². The molecule has 4 aromatic rings. The minimum atomic E-state index is -0.104. The maximum atomic E-state index is 12.3. The molecule has 0 unspecified atom stereocenters. The maximum Gasteiger partial charge on any atom is 0.226 e. The Kier molecular flexibility index (Phi) is 6.07. The van der Waals surface area contributed by atoms with Crippen molar-refractivity contribution in [2.24, 2.45) is 0 Å². The molecule has 0 aliphatic carbocycles. The Morgan fingerprint density at radius 1 is 1.13 bits per heavy atom. The fourth-order valence-corrected chi connectivity index (χ4v) is 4.66. The van der Waals surface area contributed by atoms with E-state index < -0.39 is 0 Å². The molecule has 0 atom stereocenters. The summed E-state index contributed by atoms with van der Waals surface area (Å²) in [6.07, 6.45) is 0.316. The highest BCUT2D eigenvalue weighted by molar-refractivity contribution is 7.99. The zero-order valence-corrected chi connectivity index (χ0v) is 17.9. The number of rotatable bonds is 6. The molecule has 0 saturated carbocycles. The predicted molar refractivity (Wildman–Crippen MR) is 123 cm³/mol. The standard InChI is InChI=1S/C23H18N4OS2/c1-15-6-7-19(13-24)22(25-15)29-11-10-21(28)27-23-26-20(14-30-23)18-9-8-16-4-2-3-5-17(16)12-18/h2-9,12,14H,10-11H2,1H3,(H,26,27,28). The van der Waals surface area contributed by atoms with Crippen LogP contribution in [0, 0.1) is 18.3 Å². The minimum absolute atomic E-state index is 0.104. The summed E-state index contributed by atoms with van der Waals surface area (Å²) in [7, 11) is 0. The summed E-state index contributed by atoms with van der Waals surface area (Å²) < 4.78 is 0. The quantitative estimate of drug-likeness (QED) is 0.399. The number of amides is 1. The van der Waals surface area contributed by atoms with E-state index in [-0.39, 0.29) is 5.91 Å². The van der Waals surface area contributed by atoms with Gasteiger partial charge in [0.1, 0.15) is 11.1 Å². The number of thioether (sulfide) groups is 1. The second-order valence-electron chi connectivity index (χ2n) is 6.66. The number of thiazole rings is 1. The van der Waals surface area contributed by atoms with E-state index in [1.165, 1.54) is 28.5 Å². The molecule has 5 nitrogen and oxygen atoms in total. The van der Waals surface area contributed by atoms with Crippen LogP contribution >= 0.6 is 23.1 Å². The number of aromatic nitrogens is 2. The average molecular weight is 431 g/mol. The Balaban J connectivity index is 1.36. The van der Waals surface area contributed by atoms with Gasteiger partial charge in [-0.3, -0.25) is 4.79 Å². The molecule has 30 heavy (non-hydrogen) atoms. The Hall–Kier alpha value is -3.21. The topological polar surface area (TPSA) is 78.7 Å². The molecular weight excluding hydrogens is 412 g/mol. The van der Waals surface area contributed by atoms with Crippen LogP contribution in [0.15, 0.2) is 65.0 Å². The second kappa shape index (κ2) is 9.08. The SMILES string of the molecule is Cc1ccc(C#N)c(SCCC(=O)Nc2nc(-c3ccc4ccccc4c3)cs2)n1. The monoisotopic (exact) mass is 430 g/mol. The van der Waals surface area contributed by atoms with E-state index in [1.54, 1.807) is 6.07 Å². The summed E-state index contributed by atoms with van der Waals surface area (Å²) in [6.45, 7) is 1.88. The van der Waals surface area contributed by atoms with Crippen molar-refractivity contribution in [3.63, 3.8) is 0 Å². The lowest BCUT2D eigenvalue weighted by molar-refractivity contribution is -0.115. The number of pyridine rings is 1. The van der Waals surface area contributed by atoms with Gasteiger partial charge in [0.05, 0.1) is 11.3 Å². The molecule has 148 valence electrons. The molecule has 0 radical (unpaired) electrons. The van der Waals surface area contributed by atoms with Crippen molar-refractivity contribution < 1.29 is 4.79 Å². The summed E-state index contributed by atoms with van der Waals surface area (Å²) in [6, 6.07) is 20.1. The number of benzene rings is 2. The summed E-state index contributed by atoms with van der Waals surface area (Å²) in [5.41, 5.74) is 3.25. The molecule has 7 heteroatoms. The van der Waals surface area contributed by atoms with Crippen molar-refractivity contribution in [2.75, 3.05) is 11.1 Å². The van der Waals surface area contributed by atoms with Crippen molar-refractivity contribution in [3.8, 4) is 17.3 Å². The van der Waals surface area contributed by atoms with Crippen LogP contribution in [0.1, 0.15) is 17.7 Å². The van der Waals surface area contributed by atoms with E-state index in [0.717, 1.165) is 22.3 Å². The van der Waals surface area contributed by atoms with Crippen LogP contribution in [0.3, 0.4) is 0 Å². The Labute approximate surface area is 182 Å². The maximum absolute atomic E-state index is 12.3. The van der Waals surface area contributed by atoms with E-state index in [2.05, 4.69) is 45.6 Å². The molecule has 0 aliphatic heterocycles. The fraction of sp³-hybridized carbons (Fsp3) is 0.130. The van der Waals surface area contributed by atoms with Gasteiger partial charge in [0.25, 0.3) is 0 Å². The molecule has 1 N–H and O–H groups in total. The molecule has 0 aliphatic rings. The lowest BCUT2D eigenvalue weighted by atomic mass is 10.1. The van der Waals surface area contributed by atoms with Gasteiger partial charge in [0.2, 0.25) is 5.91 Å². The van der Waals surface area contributed by atoms with Gasteiger partial charge in [-0.15, -0.1) is 23.1 Å². The average Bonchev–Trinajstić information content (AvgIpc) is 3.22. The number of nitrogens with one attached hydrogen (secondary N) is 1. The second-order valence-corrected chi connectivity index (χ2v) is 8.61. The zero-order chi connectivity index (χ0) is 20.9. The lowest BCUT2D eigenvalue weighted by Gasteiger charge is -2.04. The molecule has 1 amide bonds. The third-order valence-electron chi connectivity index (χ3n) is 4.48. The Morgan fingerprint density at radius 3 is 2.80 bits per heavy atom. The molecule has 2 aromatic carbocycles. The van der Waals surface area contributed by atoms with E-state index in [0.29, 0.717) is 27.9 Å². The molecule has 2 heterocycles. The number of aryl methyl sites for hydroxylation is 1. The molecule has 2 aromatic heterocycles. The molecular formula is C23H18N4OS2. The minimum Gasteiger partial charge on any atom is -0.302 e. The van der Waals surface area contributed by atoms with Gasteiger partial charge in [0.15, 0.2) is 5.13 Å². The highest BCUT2D eigenvalue weighted by Crippen LogP contribution is 2.28. The Morgan fingerprint density at radius 2 is 1.97 bits per heavy atom. The molecule has 4 rings (SSSR count). The summed E-state index contributed by atoms with van der Waals surface area (Å²) in [5, 5.41) is 17.6.